The van der Waals surface area contributed by atoms with Crippen LogP contribution in [0.1, 0.15) is 6.92 Å². The van der Waals surface area contributed by atoms with Gasteiger partial charge in [-0.1, -0.05) is 16.8 Å². The van der Waals surface area contributed by atoms with Gasteiger partial charge >= 0.3 is 0 Å². The van der Waals surface area contributed by atoms with E-state index in [0.29, 0.717) is 12.2 Å². The number of amides is 1. The zero-order valence-electron chi connectivity index (χ0n) is 12.4. The summed E-state index contributed by atoms with van der Waals surface area (Å²) in [5.41, 5.74) is 1.31. The smallest absolute Gasteiger partial charge is 0.248 e. The molecule has 0 saturated heterocycles. The van der Waals surface area contributed by atoms with Gasteiger partial charge in [-0.15, -0.1) is 5.10 Å². The molecule has 0 aliphatic heterocycles. The van der Waals surface area contributed by atoms with Gasteiger partial charge in [0.25, 0.3) is 0 Å². The van der Waals surface area contributed by atoms with Crippen molar-refractivity contribution in [3.8, 4) is 5.69 Å². The number of rotatable bonds is 5. The first kappa shape index (κ1) is 15.2. The lowest BCUT2D eigenvalue weighted by Crippen LogP contribution is -2.33. The molecule has 0 fully saturated rings. The Hall–Kier alpha value is -2.74. The highest BCUT2D eigenvalue weighted by Crippen LogP contribution is 2.26. The molecule has 0 bridgehead atoms. The van der Waals surface area contributed by atoms with Gasteiger partial charge in [-0.2, -0.15) is 5.10 Å². The number of hydrogen-bond donors (Lipinski definition) is 0. The highest BCUT2D eigenvalue weighted by molar-refractivity contribution is 6.32. The predicted octanol–water partition coefficient (Wildman–Crippen LogP) is 1.57. The van der Waals surface area contributed by atoms with Gasteiger partial charge in [0.05, 0.1) is 24.3 Å². The first-order valence-electron chi connectivity index (χ1n) is 6.99. The van der Waals surface area contributed by atoms with Crippen LogP contribution >= 0.6 is 11.6 Å². The Balaban J connectivity index is 1.86. The number of pyridine rings is 1. The fraction of sp³-hybridized carbons (Fsp3) is 0.214. The molecule has 0 aliphatic rings. The van der Waals surface area contributed by atoms with Gasteiger partial charge in [-0.05, 0) is 19.1 Å². The van der Waals surface area contributed by atoms with Crippen molar-refractivity contribution >= 4 is 23.2 Å². The maximum Gasteiger partial charge on any atom is 0.248 e. The van der Waals surface area contributed by atoms with Gasteiger partial charge in [0, 0.05) is 18.9 Å². The average Bonchev–Trinajstić information content (AvgIpc) is 3.19. The number of halogens is 1. The molecule has 3 aromatic heterocycles. The van der Waals surface area contributed by atoms with Crippen molar-refractivity contribution in [2.45, 2.75) is 13.5 Å². The minimum Gasteiger partial charge on any atom is -0.307 e. The van der Waals surface area contributed by atoms with E-state index in [2.05, 4.69) is 20.4 Å². The fourth-order valence-electron chi connectivity index (χ4n) is 2.17. The number of anilines is 1. The van der Waals surface area contributed by atoms with E-state index in [0.717, 1.165) is 5.69 Å². The third kappa shape index (κ3) is 3.21. The zero-order chi connectivity index (χ0) is 16.2. The van der Waals surface area contributed by atoms with E-state index in [-0.39, 0.29) is 17.6 Å². The van der Waals surface area contributed by atoms with E-state index < -0.39 is 0 Å². The monoisotopic (exact) mass is 331 g/mol. The molecule has 0 radical (unpaired) electrons. The Morgan fingerprint density at radius 1 is 1.39 bits per heavy atom. The average molecular weight is 332 g/mol. The second kappa shape index (κ2) is 6.57. The van der Waals surface area contributed by atoms with Crippen LogP contribution in [0.4, 0.5) is 5.69 Å². The molecule has 0 atom stereocenters. The summed E-state index contributed by atoms with van der Waals surface area (Å²) in [6.45, 7) is 2.42. The summed E-state index contributed by atoms with van der Waals surface area (Å²) in [6, 6.07) is 3.66. The Labute approximate surface area is 137 Å². The topological polar surface area (TPSA) is 81.7 Å². The minimum absolute atomic E-state index is 0.0856. The van der Waals surface area contributed by atoms with Crippen molar-refractivity contribution in [2.75, 3.05) is 11.4 Å². The number of hydrogen-bond acceptors (Lipinski definition) is 5. The number of nitrogens with zero attached hydrogens (tertiary/aromatic N) is 7. The van der Waals surface area contributed by atoms with Crippen LogP contribution in [0, 0.1) is 0 Å². The summed E-state index contributed by atoms with van der Waals surface area (Å²) < 4.78 is 3.06. The van der Waals surface area contributed by atoms with Crippen molar-refractivity contribution < 1.29 is 4.79 Å². The number of aromatic nitrogens is 6. The molecule has 0 saturated carbocycles. The summed E-state index contributed by atoms with van der Waals surface area (Å²) in [5.74, 6) is -0.148. The van der Waals surface area contributed by atoms with E-state index in [1.54, 1.807) is 40.4 Å². The van der Waals surface area contributed by atoms with Crippen LogP contribution in [-0.2, 0) is 11.3 Å². The van der Waals surface area contributed by atoms with E-state index in [1.807, 2.05) is 13.0 Å². The van der Waals surface area contributed by atoms with Crippen LogP contribution in [0.3, 0.4) is 0 Å². The normalized spacial score (nSPS) is 10.7. The lowest BCUT2D eigenvalue weighted by Gasteiger charge is -2.19. The van der Waals surface area contributed by atoms with Gasteiger partial charge in [0.2, 0.25) is 5.91 Å². The molecule has 1 amide bonds. The Morgan fingerprint density at radius 2 is 2.26 bits per heavy atom. The standard InChI is InChI=1S/C14H14ClN7O/c1-2-21(13(23)10-20-7-6-17-19-20)12-9-22(18-14(12)15)11-4-3-5-16-8-11/h3-9H,2,10H2,1H3. The third-order valence-electron chi connectivity index (χ3n) is 3.24. The van der Waals surface area contributed by atoms with Crippen molar-refractivity contribution in [3.63, 3.8) is 0 Å². The first-order chi connectivity index (χ1) is 11.2. The van der Waals surface area contributed by atoms with E-state index in [1.165, 1.54) is 10.9 Å². The molecule has 3 heterocycles. The Bertz CT molecular complexity index is 785. The molecule has 23 heavy (non-hydrogen) atoms. The summed E-state index contributed by atoms with van der Waals surface area (Å²) >= 11 is 6.21. The van der Waals surface area contributed by atoms with Gasteiger partial charge < -0.3 is 4.90 Å². The quantitative estimate of drug-likeness (QED) is 0.708. The second-order valence-corrected chi connectivity index (χ2v) is 5.06. The fourth-order valence-corrected chi connectivity index (χ4v) is 2.40. The van der Waals surface area contributed by atoms with E-state index in [4.69, 9.17) is 11.6 Å². The zero-order valence-corrected chi connectivity index (χ0v) is 13.1. The van der Waals surface area contributed by atoms with E-state index in [9.17, 15) is 4.79 Å². The van der Waals surface area contributed by atoms with Crippen LogP contribution in [0.5, 0.6) is 0 Å². The molecule has 3 aromatic rings. The number of likely N-dealkylation sites (N-methyl/N-ethyl adjacent to an activating group) is 1. The van der Waals surface area contributed by atoms with Gasteiger partial charge in [0.1, 0.15) is 12.2 Å². The predicted molar refractivity (Wildman–Crippen MR) is 84.4 cm³/mol. The van der Waals surface area contributed by atoms with Gasteiger partial charge in [0.15, 0.2) is 5.15 Å². The van der Waals surface area contributed by atoms with E-state index >= 15 is 0 Å². The molecule has 0 spiro atoms. The lowest BCUT2D eigenvalue weighted by atomic mass is 10.4. The van der Waals surface area contributed by atoms with Crippen LogP contribution in [0.25, 0.3) is 5.69 Å². The molecule has 8 nitrogen and oxygen atoms in total. The number of carbonyl (C=O) groups excluding carboxylic acids is 1. The maximum absolute atomic E-state index is 12.5. The molecule has 9 heteroatoms. The highest BCUT2D eigenvalue weighted by Gasteiger charge is 2.20. The Kier molecular flexibility index (Phi) is 4.33. The molecule has 0 unspecified atom stereocenters. The molecule has 3 rings (SSSR count). The number of carbonyl (C=O) groups is 1. The third-order valence-corrected chi connectivity index (χ3v) is 3.51. The summed E-state index contributed by atoms with van der Waals surface area (Å²) in [6.07, 6.45) is 8.21. The van der Waals surface area contributed by atoms with Crippen LogP contribution in [0.2, 0.25) is 5.15 Å². The summed E-state index contributed by atoms with van der Waals surface area (Å²) in [7, 11) is 0. The Morgan fingerprint density at radius 3 is 2.91 bits per heavy atom. The summed E-state index contributed by atoms with van der Waals surface area (Å²) in [5, 5.41) is 12.0. The first-order valence-corrected chi connectivity index (χ1v) is 7.37. The molecule has 0 aliphatic carbocycles. The second-order valence-electron chi connectivity index (χ2n) is 4.70. The molecule has 0 N–H and O–H groups in total. The van der Waals surface area contributed by atoms with Crippen molar-refractivity contribution in [3.05, 3.63) is 48.3 Å². The lowest BCUT2D eigenvalue weighted by molar-refractivity contribution is -0.119. The van der Waals surface area contributed by atoms with Crippen molar-refractivity contribution in [1.82, 2.24) is 29.8 Å². The molecular formula is C14H14ClN7O. The van der Waals surface area contributed by atoms with Crippen molar-refractivity contribution in [1.29, 1.82) is 0 Å². The van der Waals surface area contributed by atoms with Crippen LogP contribution in [-0.4, -0.2) is 42.2 Å². The minimum atomic E-state index is -0.148. The largest absolute Gasteiger partial charge is 0.307 e. The molecule has 118 valence electrons. The SMILES string of the molecule is CCN(C(=O)Cn1ccnn1)c1cn(-c2cccnc2)nc1Cl. The maximum atomic E-state index is 12.5. The molecule has 0 aromatic carbocycles. The molecular weight excluding hydrogens is 318 g/mol. The highest BCUT2D eigenvalue weighted by atomic mass is 35.5. The van der Waals surface area contributed by atoms with Crippen LogP contribution in [0.15, 0.2) is 43.1 Å². The van der Waals surface area contributed by atoms with Gasteiger partial charge in [-0.25, -0.2) is 9.36 Å². The summed E-state index contributed by atoms with van der Waals surface area (Å²) in [4.78, 5) is 18.1. The van der Waals surface area contributed by atoms with Crippen LogP contribution < -0.4 is 4.90 Å². The van der Waals surface area contributed by atoms with Crippen molar-refractivity contribution in [2.24, 2.45) is 0 Å². The van der Waals surface area contributed by atoms with Gasteiger partial charge in [-0.3, -0.25) is 9.78 Å².